The van der Waals surface area contributed by atoms with Crippen molar-refractivity contribution in [2.75, 3.05) is 13.1 Å². The van der Waals surface area contributed by atoms with Crippen molar-refractivity contribution < 1.29 is 21.6 Å². The monoisotopic (exact) mass is 450 g/mol. The number of nitrogens with zero attached hydrogens (tertiary/aromatic N) is 1. The molecule has 1 heterocycles. The van der Waals surface area contributed by atoms with Gasteiger partial charge in [0.05, 0.1) is 20.6 Å². The highest BCUT2D eigenvalue weighted by molar-refractivity contribution is 7.92. The van der Waals surface area contributed by atoms with Gasteiger partial charge in [-0.1, -0.05) is 24.3 Å². The SMILES string of the molecule is CC(C)S(=O)(=O)c1ccccc1C(=O)NCc1ccc(S(=O)(=O)N2CCCC2)cc1. The van der Waals surface area contributed by atoms with E-state index in [0.29, 0.717) is 18.7 Å². The van der Waals surface area contributed by atoms with Crippen molar-refractivity contribution >= 4 is 25.8 Å². The van der Waals surface area contributed by atoms with E-state index < -0.39 is 31.0 Å². The number of carbonyl (C=O) groups is 1. The summed E-state index contributed by atoms with van der Waals surface area (Å²) in [6.45, 7) is 4.38. The van der Waals surface area contributed by atoms with Crippen LogP contribution in [0.25, 0.3) is 0 Å². The van der Waals surface area contributed by atoms with Crippen molar-refractivity contribution in [2.45, 2.75) is 48.3 Å². The Labute approximate surface area is 178 Å². The van der Waals surface area contributed by atoms with E-state index in [-0.39, 0.29) is 21.9 Å². The lowest BCUT2D eigenvalue weighted by molar-refractivity contribution is 0.0947. The fourth-order valence-corrected chi connectivity index (χ4v) is 6.05. The summed E-state index contributed by atoms with van der Waals surface area (Å²) in [5.74, 6) is -0.497. The maximum Gasteiger partial charge on any atom is 0.252 e. The van der Waals surface area contributed by atoms with Crippen LogP contribution in [-0.2, 0) is 26.4 Å². The first kappa shape index (κ1) is 22.5. The number of hydrogen-bond donors (Lipinski definition) is 1. The van der Waals surface area contributed by atoms with Crippen LogP contribution in [0.5, 0.6) is 0 Å². The molecular weight excluding hydrogens is 424 g/mol. The van der Waals surface area contributed by atoms with Gasteiger partial charge in [0, 0.05) is 19.6 Å². The Morgan fingerprint density at radius 2 is 1.57 bits per heavy atom. The van der Waals surface area contributed by atoms with Gasteiger partial charge < -0.3 is 5.32 Å². The number of sulfonamides is 1. The van der Waals surface area contributed by atoms with Crippen molar-refractivity contribution in [3.63, 3.8) is 0 Å². The number of amides is 1. The zero-order valence-electron chi connectivity index (χ0n) is 17.0. The summed E-state index contributed by atoms with van der Waals surface area (Å²) in [6.07, 6.45) is 1.74. The summed E-state index contributed by atoms with van der Waals surface area (Å²) in [4.78, 5) is 12.9. The fourth-order valence-electron chi connectivity index (χ4n) is 3.29. The maximum absolute atomic E-state index is 12.6. The van der Waals surface area contributed by atoms with Crippen LogP contribution in [0.1, 0.15) is 42.6 Å². The fraction of sp³-hybridized carbons (Fsp3) is 0.381. The molecule has 2 aromatic rings. The second-order valence-electron chi connectivity index (χ2n) is 7.53. The quantitative estimate of drug-likeness (QED) is 0.699. The third-order valence-corrected chi connectivity index (χ3v) is 9.26. The standard InChI is InChI=1S/C21H26N2O5S2/c1-16(2)29(25,26)20-8-4-3-7-19(20)21(24)22-15-17-9-11-18(12-10-17)30(27,28)23-13-5-6-14-23/h3-4,7-12,16H,5-6,13-15H2,1-2H3,(H,22,24). The van der Waals surface area contributed by atoms with E-state index in [2.05, 4.69) is 5.32 Å². The summed E-state index contributed by atoms with van der Waals surface area (Å²) in [5, 5.41) is 2.07. The lowest BCUT2D eigenvalue weighted by Crippen LogP contribution is -2.28. The Hall–Kier alpha value is -2.23. The average molecular weight is 451 g/mol. The molecule has 1 aliphatic rings. The van der Waals surface area contributed by atoms with Crippen LogP contribution in [0.3, 0.4) is 0 Å². The molecule has 1 N–H and O–H groups in total. The van der Waals surface area contributed by atoms with Gasteiger partial charge in [-0.3, -0.25) is 4.79 Å². The normalized spacial score (nSPS) is 15.4. The van der Waals surface area contributed by atoms with Gasteiger partial charge >= 0.3 is 0 Å². The van der Waals surface area contributed by atoms with Crippen LogP contribution < -0.4 is 5.32 Å². The lowest BCUT2D eigenvalue weighted by Gasteiger charge is -2.16. The summed E-state index contributed by atoms with van der Waals surface area (Å²) < 4.78 is 51.7. The van der Waals surface area contributed by atoms with E-state index in [0.717, 1.165) is 12.8 Å². The molecule has 0 aliphatic carbocycles. The van der Waals surface area contributed by atoms with Crippen LogP contribution in [0.4, 0.5) is 0 Å². The van der Waals surface area contributed by atoms with E-state index in [4.69, 9.17) is 0 Å². The Balaban J connectivity index is 1.72. The highest BCUT2D eigenvalue weighted by atomic mass is 32.2. The van der Waals surface area contributed by atoms with Crippen molar-refractivity contribution in [3.8, 4) is 0 Å². The first-order valence-corrected chi connectivity index (χ1v) is 12.8. The van der Waals surface area contributed by atoms with Crippen LogP contribution in [0.15, 0.2) is 58.3 Å². The van der Waals surface area contributed by atoms with Gasteiger partial charge in [0.2, 0.25) is 10.0 Å². The molecule has 0 saturated carbocycles. The first-order chi connectivity index (χ1) is 14.1. The minimum atomic E-state index is -3.60. The Kier molecular flexibility index (Phi) is 6.64. The molecule has 0 unspecified atom stereocenters. The topological polar surface area (TPSA) is 101 Å². The first-order valence-electron chi connectivity index (χ1n) is 9.84. The highest BCUT2D eigenvalue weighted by Gasteiger charge is 2.27. The number of hydrogen-bond acceptors (Lipinski definition) is 5. The maximum atomic E-state index is 12.6. The van der Waals surface area contributed by atoms with Gasteiger partial charge in [-0.2, -0.15) is 4.31 Å². The van der Waals surface area contributed by atoms with Gasteiger partial charge in [-0.25, -0.2) is 16.8 Å². The summed E-state index contributed by atoms with van der Waals surface area (Å²) in [7, 11) is -7.08. The number of sulfone groups is 1. The molecule has 0 aromatic heterocycles. The average Bonchev–Trinajstić information content (AvgIpc) is 3.28. The van der Waals surface area contributed by atoms with Crippen molar-refractivity contribution in [3.05, 3.63) is 59.7 Å². The summed E-state index contributed by atoms with van der Waals surface area (Å²) >= 11 is 0. The molecule has 0 spiro atoms. The van der Waals surface area contributed by atoms with Gasteiger partial charge in [-0.15, -0.1) is 0 Å². The van der Waals surface area contributed by atoms with Gasteiger partial charge in [0.25, 0.3) is 5.91 Å². The molecule has 0 radical (unpaired) electrons. The van der Waals surface area contributed by atoms with E-state index in [1.165, 1.54) is 28.6 Å². The molecule has 0 bridgehead atoms. The van der Waals surface area contributed by atoms with E-state index in [1.807, 2.05) is 0 Å². The minimum absolute atomic E-state index is 0.00422. The molecule has 1 fully saturated rings. The van der Waals surface area contributed by atoms with Crippen LogP contribution >= 0.6 is 0 Å². The van der Waals surface area contributed by atoms with E-state index in [1.54, 1.807) is 38.1 Å². The van der Waals surface area contributed by atoms with E-state index in [9.17, 15) is 21.6 Å². The molecule has 2 aromatic carbocycles. The third kappa shape index (κ3) is 4.58. The number of nitrogens with one attached hydrogen (secondary N) is 1. The second-order valence-corrected chi connectivity index (χ2v) is 11.9. The molecule has 3 rings (SSSR count). The molecule has 30 heavy (non-hydrogen) atoms. The van der Waals surface area contributed by atoms with E-state index >= 15 is 0 Å². The van der Waals surface area contributed by atoms with Crippen molar-refractivity contribution in [2.24, 2.45) is 0 Å². The molecular formula is C21H26N2O5S2. The number of benzene rings is 2. The van der Waals surface area contributed by atoms with Crippen LogP contribution in [0.2, 0.25) is 0 Å². The zero-order valence-corrected chi connectivity index (χ0v) is 18.7. The van der Waals surface area contributed by atoms with Gasteiger partial charge in [-0.05, 0) is 56.5 Å². The molecule has 7 nitrogen and oxygen atoms in total. The second kappa shape index (κ2) is 8.87. The Morgan fingerprint density at radius 3 is 2.17 bits per heavy atom. The lowest BCUT2D eigenvalue weighted by atomic mass is 10.2. The highest BCUT2D eigenvalue weighted by Crippen LogP contribution is 2.22. The predicted molar refractivity (Wildman–Crippen MR) is 114 cm³/mol. The molecule has 1 aliphatic heterocycles. The van der Waals surface area contributed by atoms with Crippen molar-refractivity contribution in [1.29, 1.82) is 0 Å². The molecule has 1 saturated heterocycles. The Morgan fingerprint density at radius 1 is 0.967 bits per heavy atom. The van der Waals surface area contributed by atoms with Gasteiger partial charge in [0.15, 0.2) is 9.84 Å². The Bertz CT molecular complexity index is 1120. The summed E-state index contributed by atoms with van der Waals surface area (Å²) in [5.41, 5.74) is 0.812. The molecule has 1 amide bonds. The number of rotatable bonds is 7. The van der Waals surface area contributed by atoms with Crippen molar-refractivity contribution in [1.82, 2.24) is 9.62 Å². The largest absolute Gasteiger partial charge is 0.348 e. The molecule has 9 heteroatoms. The third-order valence-electron chi connectivity index (χ3n) is 5.14. The number of carbonyl (C=O) groups excluding carboxylic acids is 1. The smallest absolute Gasteiger partial charge is 0.252 e. The summed E-state index contributed by atoms with van der Waals surface area (Å²) in [6, 6.07) is 12.5. The zero-order chi connectivity index (χ0) is 21.9. The van der Waals surface area contributed by atoms with Crippen LogP contribution in [-0.4, -0.2) is 45.4 Å². The molecule has 162 valence electrons. The molecule has 0 atom stereocenters. The van der Waals surface area contributed by atoms with Gasteiger partial charge in [0.1, 0.15) is 0 Å². The minimum Gasteiger partial charge on any atom is -0.348 e. The van der Waals surface area contributed by atoms with Crippen LogP contribution in [0, 0.1) is 0 Å². The predicted octanol–water partition coefficient (Wildman–Crippen LogP) is 2.58.